The van der Waals surface area contributed by atoms with Crippen LogP contribution in [0, 0.1) is 0 Å². The number of nitrogens with one attached hydrogen (secondary N) is 1. The molecule has 0 saturated heterocycles. The summed E-state index contributed by atoms with van der Waals surface area (Å²) in [5.74, 6) is 1.45. The fourth-order valence-electron chi connectivity index (χ4n) is 2.51. The molecule has 2 aromatic carbocycles. The van der Waals surface area contributed by atoms with E-state index in [0.29, 0.717) is 12.3 Å². The van der Waals surface area contributed by atoms with Crippen molar-refractivity contribution in [1.29, 1.82) is 0 Å². The zero-order valence-electron chi connectivity index (χ0n) is 14.1. The summed E-state index contributed by atoms with van der Waals surface area (Å²) in [7, 11) is 0. The first-order valence-electron chi connectivity index (χ1n) is 8.05. The van der Waals surface area contributed by atoms with Crippen LogP contribution < -0.4 is 5.32 Å². The highest BCUT2D eigenvalue weighted by atomic mass is 32.2. The van der Waals surface area contributed by atoms with E-state index in [-0.39, 0.29) is 11.9 Å². The number of hydrogen-bond acceptors (Lipinski definition) is 2. The highest BCUT2D eigenvalue weighted by molar-refractivity contribution is 7.98. The lowest BCUT2D eigenvalue weighted by atomic mass is 9.95. The van der Waals surface area contributed by atoms with E-state index in [1.54, 1.807) is 11.8 Å². The molecular weight excluding hydrogens is 302 g/mol. The van der Waals surface area contributed by atoms with Gasteiger partial charge in [0.25, 0.3) is 0 Å². The van der Waals surface area contributed by atoms with Gasteiger partial charge in [0.05, 0.1) is 6.04 Å². The summed E-state index contributed by atoms with van der Waals surface area (Å²) in [6.07, 6.45) is 2.57. The molecule has 0 aliphatic rings. The van der Waals surface area contributed by atoms with Gasteiger partial charge in [-0.15, -0.1) is 0 Å². The molecule has 0 heterocycles. The van der Waals surface area contributed by atoms with Gasteiger partial charge in [0.2, 0.25) is 5.91 Å². The van der Waals surface area contributed by atoms with Gasteiger partial charge in [0.1, 0.15) is 0 Å². The highest BCUT2D eigenvalue weighted by Crippen LogP contribution is 2.24. The van der Waals surface area contributed by atoms with Crippen molar-refractivity contribution in [3.63, 3.8) is 0 Å². The fourth-order valence-corrected chi connectivity index (χ4v) is 2.90. The molecule has 1 unspecified atom stereocenters. The fraction of sp³-hybridized carbons (Fsp3) is 0.350. The van der Waals surface area contributed by atoms with E-state index in [1.165, 1.54) is 5.56 Å². The minimum atomic E-state index is -0.0910. The summed E-state index contributed by atoms with van der Waals surface area (Å²) in [4.78, 5) is 12.2. The van der Waals surface area contributed by atoms with Crippen LogP contribution in [-0.4, -0.2) is 17.9 Å². The molecule has 1 amide bonds. The Morgan fingerprint density at radius 2 is 1.52 bits per heavy atom. The Bertz CT molecular complexity index is 607. The molecule has 0 fully saturated rings. The summed E-state index contributed by atoms with van der Waals surface area (Å²) in [6, 6.07) is 18.6. The molecule has 0 radical (unpaired) electrons. The minimum absolute atomic E-state index is 0.0910. The zero-order valence-corrected chi connectivity index (χ0v) is 14.9. The first-order valence-corrected chi connectivity index (χ1v) is 9.44. The number of carbonyl (C=O) groups is 1. The van der Waals surface area contributed by atoms with Gasteiger partial charge >= 0.3 is 0 Å². The molecule has 2 rings (SSSR count). The zero-order chi connectivity index (χ0) is 16.7. The molecule has 122 valence electrons. The first kappa shape index (κ1) is 17.6. The lowest BCUT2D eigenvalue weighted by molar-refractivity contribution is -0.121. The SMILES string of the molecule is CSCCC(=O)NC(c1ccccc1)c1ccc(C(C)C)cc1. The second-order valence-electron chi connectivity index (χ2n) is 5.98. The summed E-state index contributed by atoms with van der Waals surface area (Å²) >= 11 is 1.69. The van der Waals surface area contributed by atoms with E-state index in [4.69, 9.17) is 0 Å². The molecule has 0 aromatic heterocycles. The number of hydrogen-bond donors (Lipinski definition) is 1. The van der Waals surface area contributed by atoms with E-state index in [1.807, 2.05) is 24.5 Å². The summed E-state index contributed by atoms with van der Waals surface area (Å²) < 4.78 is 0. The molecule has 23 heavy (non-hydrogen) atoms. The number of carbonyl (C=O) groups excluding carboxylic acids is 1. The summed E-state index contributed by atoms with van der Waals surface area (Å²) in [5.41, 5.74) is 3.55. The predicted octanol–water partition coefficient (Wildman–Crippen LogP) is 4.77. The van der Waals surface area contributed by atoms with Crippen LogP contribution in [0.2, 0.25) is 0 Å². The number of thioether (sulfide) groups is 1. The molecule has 0 spiro atoms. The lowest BCUT2D eigenvalue weighted by Crippen LogP contribution is -2.29. The molecule has 2 nitrogen and oxygen atoms in total. The molecule has 0 aliphatic heterocycles. The van der Waals surface area contributed by atoms with Crippen molar-refractivity contribution in [2.45, 2.75) is 32.2 Å². The van der Waals surface area contributed by atoms with Crippen molar-refractivity contribution in [3.8, 4) is 0 Å². The monoisotopic (exact) mass is 327 g/mol. The third kappa shape index (κ3) is 5.14. The van der Waals surface area contributed by atoms with Crippen molar-refractivity contribution in [2.75, 3.05) is 12.0 Å². The average molecular weight is 327 g/mol. The van der Waals surface area contributed by atoms with Crippen LogP contribution >= 0.6 is 11.8 Å². The Kier molecular flexibility index (Phi) is 6.72. The second-order valence-corrected chi connectivity index (χ2v) is 6.96. The molecular formula is C20H25NOS. The average Bonchev–Trinajstić information content (AvgIpc) is 2.58. The maximum atomic E-state index is 12.2. The molecule has 3 heteroatoms. The van der Waals surface area contributed by atoms with E-state index in [9.17, 15) is 4.79 Å². The molecule has 0 saturated carbocycles. The van der Waals surface area contributed by atoms with Gasteiger partial charge in [-0.2, -0.15) is 11.8 Å². The van der Waals surface area contributed by atoms with E-state index in [2.05, 4.69) is 55.6 Å². The quantitative estimate of drug-likeness (QED) is 0.794. The molecule has 2 aromatic rings. The van der Waals surface area contributed by atoms with Crippen LogP contribution in [0.15, 0.2) is 54.6 Å². The van der Waals surface area contributed by atoms with E-state index >= 15 is 0 Å². The maximum Gasteiger partial charge on any atom is 0.221 e. The Balaban J connectivity index is 2.24. The Labute approximate surface area is 143 Å². The van der Waals surface area contributed by atoms with Crippen LogP contribution in [0.4, 0.5) is 0 Å². The summed E-state index contributed by atoms with van der Waals surface area (Å²) in [5, 5.41) is 3.18. The predicted molar refractivity (Wildman–Crippen MR) is 100.0 cm³/mol. The Morgan fingerprint density at radius 3 is 2.09 bits per heavy atom. The number of amides is 1. The lowest BCUT2D eigenvalue weighted by Gasteiger charge is -2.20. The van der Waals surface area contributed by atoms with Crippen LogP contribution in [0.25, 0.3) is 0 Å². The normalized spacial score (nSPS) is 12.2. The molecule has 1 N–H and O–H groups in total. The van der Waals surface area contributed by atoms with E-state index < -0.39 is 0 Å². The van der Waals surface area contributed by atoms with Gasteiger partial charge in [-0.25, -0.2) is 0 Å². The minimum Gasteiger partial charge on any atom is -0.345 e. The third-order valence-electron chi connectivity index (χ3n) is 3.91. The van der Waals surface area contributed by atoms with Gasteiger partial charge in [0, 0.05) is 12.2 Å². The van der Waals surface area contributed by atoms with Gasteiger partial charge in [0.15, 0.2) is 0 Å². The van der Waals surface area contributed by atoms with Crippen molar-refractivity contribution < 1.29 is 4.79 Å². The molecule has 0 bridgehead atoms. The van der Waals surface area contributed by atoms with Crippen LogP contribution in [0.5, 0.6) is 0 Å². The van der Waals surface area contributed by atoms with Gasteiger partial charge in [-0.1, -0.05) is 68.4 Å². The van der Waals surface area contributed by atoms with E-state index in [0.717, 1.165) is 16.9 Å². The van der Waals surface area contributed by atoms with Crippen molar-refractivity contribution >= 4 is 17.7 Å². The largest absolute Gasteiger partial charge is 0.345 e. The van der Waals surface area contributed by atoms with Crippen LogP contribution in [0.3, 0.4) is 0 Å². The summed E-state index contributed by atoms with van der Waals surface area (Å²) in [6.45, 7) is 4.38. The van der Waals surface area contributed by atoms with Gasteiger partial charge in [-0.3, -0.25) is 4.79 Å². The van der Waals surface area contributed by atoms with Crippen molar-refractivity contribution in [3.05, 3.63) is 71.3 Å². The standard InChI is InChI=1S/C20H25NOS/c1-15(2)16-9-11-18(12-10-16)20(17-7-5-4-6-8-17)21-19(22)13-14-23-3/h4-12,15,20H,13-14H2,1-3H3,(H,21,22). The molecule has 0 aliphatic carbocycles. The second kappa shape index (κ2) is 8.78. The number of benzene rings is 2. The molecule has 1 atom stereocenters. The van der Waals surface area contributed by atoms with Gasteiger partial charge in [-0.05, 0) is 28.9 Å². The highest BCUT2D eigenvalue weighted by Gasteiger charge is 2.16. The smallest absolute Gasteiger partial charge is 0.221 e. The van der Waals surface area contributed by atoms with Crippen molar-refractivity contribution in [1.82, 2.24) is 5.32 Å². The van der Waals surface area contributed by atoms with Gasteiger partial charge < -0.3 is 5.32 Å². The van der Waals surface area contributed by atoms with Crippen molar-refractivity contribution in [2.24, 2.45) is 0 Å². The maximum absolute atomic E-state index is 12.2. The third-order valence-corrected chi connectivity index (χ3v) is 4.52. The van der Waals surface area contributed by atoms with Crippen LogP contribution in [-0.2, 0) is 4.79 Å². The Morgan fingerprint density at radius 1 is 0.957 bits per heavy atom. The first-order chi connectivity index (χ1) is 11.1. The number of rotatable bonds is 7. The topological polar surface area (TPSA) is 29.1 Å². The van der Waals surface area contributed by atoms with Crippen LogP contribution in [0.1, 0.15) is 48.9 Å². The Hall–Kier alpha value is -1.74.